The van der Waals surface area contributed by atoms with Crippen LogP contribution in [0.15, 0.2) is 40.3 Å². The van der Waals surface area contributed by atoms with E-state index in [1.165, 1.54) is 11.2 Å². The average Bonchev–Trinajstić information content (AvgIpc) is 2.50. The normalized spacial score (nSPS) is 13.8. The van der Waals surface area contributed by atoms with E-state index in [0.717, 1.165) is 29.0 Å². The number of hydrogen-bond donors (Lipinski definition) is 1. The maximum atomic E-state index is 11.7. The van der Waals surface area contributed by atoms with Crippen molar-refractivity contribution in [1.82, 2.24) is 9.97 Å². The molecule has 0 atom stereocenters. The molecule has 0 bridgehead atoms. The van der Waals surface area contributed by atoms with Crippen molar-refractivity contribution in [2.24, 2.45) is 0 Å². The van der Waals surface area contributed by atoms with Crippen LogP contribution in [0, 0.1) is 0 Å². The molecule has 2 aromatic rings. The fourth-order valence-electron chi connectivity index (χ4n) is 1.94. The van der Waals surface area contributed by atoms with E-state index in [-0.39, 0.29) is 5.56 Å². The van der Waals surface area contributed by atoms with Crippen molar-refractivity contribution in [3.05, 3.63) is 46.5 Å². The largest absolute Gasteiger partial charge is 0.313 e. The van der Waals surface area contributed by atoms with Crippen LogP contribution in [0.4, 0.5) is 0 Å². The van der Waals surface area contributed by atoms with E-state index in [1.54, 1.807) is 11.8 Å². The molecule has 3 rings (SSSR count). The fraction of sp³-hybridized carbons (Fsp3) is 0.167. The number of benzene rings is 1. The van der Waals surface area contributed by atoms with E-state index < -0.39 is 0 Å². The van der Waals surface area contributed by atoms with Crippen molar-refractivity contribution in [2.75, 3.05) is 5.75 Å². The molecule has 3 nitrogen and oxygen atoms in total. The molecule has 0 radical (unpaired) electrons. The Kier molecular flexibility index (Phi) is 2.29. The third-order valence-electron chi connectivity index (χ3n) is 2.70. The Hall–Kier alpha value is -1.55. The molecule has 16 heavy (non-hydrogen) atoms. The molecular weight excluding hydrogens is 220 g/mol. The van der Waals surface area contributed by atoms with Crippen LogP contribution in [-0.2, 0) is 6.42 Å². The van der Waals surface area contributed by atoms with Crippen molar-refractivity contribution < 1.29 is 0 Å². The van der Waals surface area contributed by atoms with Gasteiger partial charge >= 0.3 is 0 Å². The number of rotatable bonds is 0. The topological polar surface area (TPSA) is 45.8 Å². The summed E-state index contributed by atoms with van der Waals surface area (Å²) in [6.45, 7) is 0. The van der Waals surface area contributed by atoms with Gasteiger partial charge in [0.2, 0.25) is 0 Å². The van der Waals surface area contributed by atoms with Gasteiger partial charge in [0.1, 0.15) is 0 Å². The minimum atomic E-state index is -0.0118. The third-order valence-corrected chi connectivity index (χ3v) is 3.78. The Morgan fingerprint density at radius 3 is 3.12 bits per heavy atom. The van der Waals surface area contributed by atoms with E-state index in [1.807, 2.05) is 18.2 Å². The zero-order chi connectivity index (χ0) is 11.0. The van der Waals surface area contributed by atoms with Crippen LogP contribution in [0.3, 0.4) is 0 Å². The highest BCUT2D eigenvalue weighted by atomic mass is 32.2. The molecule has 0 spiro atoms. The molecule has 0 aliphatic carbocycles. The van der Waals surface area contributed by atoms with Crippen LogP contribution in [0.1, 0.15) is 5.56 Å². The zero-order valence-corrected chi connectivity index (χ0v) is 9.38. The molecule has 1 N–H and O–H groups in total. The van der Waals surface area contributed by atoms with Crippen LogP contribution >= 0.6 is 11.8 Å². The van der Waals surface area contributed by atoms with E-state index in [9.17, 15) is 4.79 Å². The van der Waals surface area contributed by atoms with Crippen molar-refractivity contribution in [3.63, 3.8) is 0 Å². The summed E-state index contributed by atoms with van der Waals surface area (Å²) in [5.74, 6) is 0.929. The first-order valence-corrected chi connectivity index (χ1v) is 6.13. The maximum Gasteiger partial charge on any atom is 0.254 e. The predicted molar refractivity (Wildman–Crippen MR) is 64.7 cm³/mol. The summed E-state index contributed by atoms with van der Waals surface area (Å²) < 4.78 is 0. The minimum Gasteiger partial charge on any atom is -0.313 e. The smallest absolute Gasteiger partial charge is 0.254 e. The molecule has 0 fully saturated rings. The summed E-state index contributed by atoms with van der Waals surface area (Å²) in [6, 6.07) is 8.11. The van der Waals surface area contributed by atoms with E-state index in [2.05, 4.69) is 16.0 Å². The molecule has 4 heteroatoms. The summed E-state index contributed by atoms with van der Waals surface area (Å²) in [6.07, 6.45) is 2.26. The summed E-state index contributed by atoms with van der Waals surface area (Å²) in [5, 5.41) is 0. The number of nitrogens with one attached hydrogen (secondary N) is 1. The van der Waals surface area contributed by atoms with Gasteiger partial charge < -0.3 is 4.98 Å². The van der Waals surface area contributed by atoms with Crippen LogP contribution in [0.2, 0.25) is 0 Å². The second-order valence-electron chi connectivity index (χ2n) is 3.65. The fourth-order valence-corrected chi connectivity index (χ4v) is 2.96. The highest BCUT2D eigenvalue weighted by Crippen LogP contribution is 2.34. The summed E-state index contributed by atoms with van der Waals surface area (Å²) in [5.41, 5.74) is 2.71. The number of hydrogen-bond acceptors (Lipinski definition) is 3. The van der Waals surface area contributed by atoms with Crippen molar-refractivity contribution >= 4 is 11.8 Å². The van der Waals surface area contributed by atoms with Gasteiger partial charge in [-0.3, -0.25) is 4.79 Å². The number of H-pyrrole nitrogens is 1. The maximum absolute atomic E-state index is 11.7. The zero-order valence-electron chi connectivity index (χ0n) is 8.56. The lowest BCUT2D eigenvalue weighted by Crippen LogP contribution is -2.14. The first-order chi connectivity index (χ1) is 7.86. The molecule has 1 aliphatic heterocycles. The Labute approximate surface area is 96.9 Å². The van der Waals surface area contributed by atoms with Crippen molar-refractivity contribution in [2.45, 2.75) is 11.3 Å². The second kappa shape index (κ2) is 3.79. The number of thioether (sulfide) groups is 1. The highest BCUT2D eigenvalue weighted by molar-refractivity contribution is 7.99. The van der Waals surface area contributed by atoms with Crippen LogP contribution < -0.4 is 5.56 Å². The average molecular weight is 230 g/mol. The number of fused-ring (bicyclic) bond motifs is 3. The Bertz CT molecular complexity index is 592. The lowest BCUT2D eigenvalue weighted by molar-refractivity contribution is 1.02. The summed E-state index contributed by atoms with van der Waals surface area (Å²) in [7, 11) is 0. The third kappa shape index (κ3) is 1.46. The number of aromatic nitrogens is 2. The van der Waals surface area contributed by atoms with Gasteiger partial charge in [-0.25, -0.2) is 4.98 Å². The Morgan fingerprint density at radius 2 is 2.19 bits per heavy atom. The Morgan fingerprint density at radius 1 is 1.31 bits per heavy atom. The van der Waals surface area contributed by atoms with E-state index in [0.29, 0.717) is 0 Å². The summed E-state index contributed by atoms with van der Waals surface area (Å²) in [4.78, 5) is 19.9. The van der Waals surface area contributed by atoms with Gasteiger partial charge in [-0.2, -0.15) is 0 Å². The SMILES string of the molecule is O=c1[nH]cnc2c1CCSc1ccccc1-2. The van der Waals surface area contributed by atoms with Gasteiger partial charge in [-0.1, -0.05) is 18.2 Å². The standard InChI is InChI=1S/C12H10N2OS/c15-12-9-5-6-16-10-4-2-1-3-8(10)11(9)13-7-14-12/h1-4,7H,5-6H2,(H,13,14,15). The molecule has 2 heterocycles. The van der Waals surface area contributed by atoms with Crippen LogP contribution in [0.25, 0.3) is 11.3 Å². The Balaban J connectivity index is 2.34. The minimum absolute atomic E-state index is 0.0118. The lowest BCUT2D eigenvalue weighted by atomic mass is 10.1. The lowest BCUT2D eigenvalue weighted by Gasteiger charge is -2.05. The monoisotopic (exact) mass is 230 g/mol. The molecule has 0 unspecified atom stereocenters. The molecule has 1 aromatic carbocycles. The van der Waals surface area contributed by atoms with Crippen molar-refractivity contribution in [3.8, 4) is 11.3 Å². The quantitative estimate of drug-likeness (QED) is 0.753. The molecule has 1 aliphatic rings. The van der Waals surface area contributed by atoms with Crippen LogP contribution in [0.5, 0.6) is 0 Å². The molecular formula is C12H10N2OS. The van der Waals surface area contributed by atoms with Gasteiger partial charge in [0.25, 0.3) is 5.56 Å². The van der Waals surface area contributed by atoms with Gasteiger partial charge in [-0.15, -0.1) is 11.8 Å². The first kappa shape index (κ1) is 9.66. The van der Waals surface area contributed by atoms with Gasteiger partial charge in [-0.05, 0) is 12.5 Å². The van der Waals surface area contributed by atoms with E-state index in [4.69, 9.17) is 0 Å². The molecule has 0 saturated heterocycles. The van der Waals surface area contributed by atoms with Gasteiger partial charge in [0, 0.05) is 21.8 Å². The second-order valence-corrected chi connectivity index (χ2v) is 4.79. The summed E-state index contributed by atoms with van der Waals surface area (Å²) >= 11 is 1.78. The number of nitrogens with zero attached hydrogens (tertiary/aromatic N) is 1. The molecule has 0 amide bonds. The van der Waals surface area contributed by atoms with Crippen LogP contribution in [-0.4, -0.2) is 15.7 Å². The van der Waals surface area contributed by atoms with E-state index >= 15 is 0 Å². The first-order valence-electron chi connectivity index (χ1n) is 5.15. The van der Waals surface area contributed by atoms with Gasteiger partial charge in [0.05, 0.1) is 12.0 Å². The van der Waals surface area contributed by atoms with Crippen molar-refractivity contribution in [1.29, 1.82) is 0 Å². The molecule has 80 valence electrons. The predicted octanol–water partition coefficient (Wildman–Crippen LogP) is 2.09. The van der Waals surface area contributed by atoms with Gasteiger partial charge in [0.15, 0.2) is 0 Å². The molecule has 1 aromatic heterocycles. The highest BCUT2D eigenvalue weighted by Gasteiger charge is 2.17. The number of aromatic amines is 1. The molecule has 0 saturated carbocycles.